The Labute approximate surface area is 100 Å². The lowest BCUT2D eigenvalue weighted by Gasteiger charge is -2.17. The molecule has 0 fully saturated rings. The van der Waals surface area contributed by atoms with E-state index in [0.717, 1.165) is 26.7 Å². The zero-order valence-corrected chi connectivity index (χ0v) is 10.2. The second kappa shape index (κ2) is 3.19. The van der Waals surface area contributed by atoms with Crippen molar-refractivity contribution in [3.8, 4) is 11.6 Å². The van der Waals surface area contributed by atoms with Gasteiger partial charge < -0.3 is 4.74 Å². The van der Waals surface area contributed by atoms with Gasteiger partial charge in [0.15, 0.2) is 17.4 Å². The predicted octanol–water partition coefficient (Wildman–Crippen LogP) is 2.07. The lowest BCUT2D eigenvalue weighted by atomic mass is 10.4. The van der Waals surface area contributed by atoms with Gasteiger partial charge in [-0.25, -0.2) is 9.97 Å². The Balaban J connectivity index is 2.25. The molecule has 2 aromatic rings. The minimum absolute atomic E-state index is 0.516. The SMILES string of the molecule is Cc1cn2c(n1)COc1cc(I)cnc1-2. The molecule has 3 rings (SSSR count). The van der Waals surface area contributed by atoms with Crippen molar-refractivity contribution in [2.75, 3.05) is 0 Å². The maximum Gasteiger partial charge on any atom is 0.181 e. The van der Waals surface area contributed by atoms with Crippen LogP contribution in [0.3, 0.4) is 0 Å². The van der Waals surface area contributed by atoms with Crippen molar-refractivity contribution in [3.63, 3.8) is 0 Å². The first-order chi connectivity index (χ1) is 7.24. The first-order valence-electron chi connectivity index (χ1n) is 4.57. The highest BCUT2D eigenvalue weighted by atomic mass is 127. The number of ether oxygens (including phenoxy) is 1. The van der Waals surface area contributed by atoms with Gasteiger partial charge in [0.2, 0.25) is 0 Å². The molecule has 0 spiro atoms. The molecule has 1 aliphatic rings. The summed E-state index contributed by atoms with van der Waals surface area (Å²) in [5, 5.41) is 0. The van der Waals surface area contributed by atoms with Crippen molar-refractivity contribution in [1.29, 1.82) is 0 Å². The monoisotopic (exact) mass is 313 g/mol. The molecule has 0 unspecified atom stereocenters. The number of aromatic nitrogens is 3. The van der Waals surface area contributed by atoms with Gasteiger partial charge in [0.05, 0.1) is 5.69 Å². The standard InChI is InChI=1S/C10H8IN3O/c1-6-4-14-9(13-6)5-15-8-2-7(11)3-12-10(8)14/h2-4H,5H2,1H3. The van der Waals surface area contributed by atoms with Crippen LogP contribution in [-0.2, 0) is 6.61 Å². The fraction of sp³-hybridized carbons (Fsp3) is 0.200. The fourth-order valence-electron chi connectivity index (χ4n) is 1.68. The van der Waals surface area contributed by atoms with E-state index >= 15 is 0 Å². The van der Waals surface area contributed by atoms with E-state index in [1.165, 1.54) is 0 Å². The van der Waals surface area contributed by atoms with E-state index in [4.69, 9.17) is 4.74 Å². The number of imidazole rings is 1. The van der Waals surface area contributed by atoms with E-state index in [0.29, 0.717) is 6.61 Å². The number of hydrogen-bond acceptors (Lipinski definition) is 3. The first-order valence-corrected chi connectivity index (χ1v) is 5.65. The molecule has 0 aliphatic carbocycles. The molecule has 15 heavy (non-hydrogen) atoms. The molecule has 0 aromatic carbocycles. The average molecular weight is 313 g/mol. The van der Waals surface area contributed by atoms with Gasteiger partial charge >= 0.3 is 0 Å². The number of nitrogens with zero attached hydrogens (tertiary/aromatic N) is 3. The first kappa shape index (κ1) is 9.14. The molecular formula is C10H8IN3O. The Morgan fingerprint density at radius 1 is 1.53 bits per heavy atom. The van der Waals surface area contributed by atoms with Gasteiger partial charge in [-0.1, -0.05) is 0 Å². The van der Waals surface area contributed by atoms with E-state index < -0.39 is 0 Å². The van der Waals surface area contributed by atoms with Gasteiger partial charge in [0, 0.05) is 16.0 Å². The van der Waals surface area contributed by atoms with Crippen molar-refractivity contribution in [1.82, 2.24) is 14.5 Å². The summed E-state index contributed by atoms with van der Waals surface area (Å²) in [6, 6.07) is 1.99. The molecule has 3 heterocycles. The third-order valence-corrected chi connectivity index (χ3v) is 2.87. The molecule has 0 N–H and O–H groups in total. The van der Waals surface area contributed by atoms with E-state index in [-0.39, 0.29) is 0 Å². The van der Waals surface area contributed by atoms with Crippen molar-refractivity contribution >= 4 is 22.6 Å². The fourth-order valence-corrected chi connectivity index (χ4v) is 2.10. The molecule has 76 valence electrons. The summed E-state index contributed by atoms with van der Waals surface area (Å²) in [5.74, 6) is 2.57. The van der Waals surface area contributed by atoms with Crippen LogP contribution in [0.15, 0.2) is 18.5 Å². The Bertz CT molecular complexity index is 535. The summed E-state index contributed by atoms with van der Waals surface area (Å²) in [6.45, 7) is 2.49. The van der Waals surface area contributed by atoms with Crippen LogP contribution >= 0.6 is 22.6 Å². The zero-order valence-electron chi connectivity index (χ0n) is 8.07. The number of rotatable bonds is 0. The van der Waals surface area contributed by atoms with Crippen LogP contribution < -0.4 is 4.74 Å². The number of pyridine rings is 1. The second-order valence-electron chi connectivity index (χ2n) is 3.43. The molecule has 0 atom stereocenters. The zero-order chi connectivity index (χ0) is 10.4. The molecule has 2 aromatic heterocycles. The molecule has 4 nitrogen and oxygen atoms in total. The molecule has 1 aliphatic heterocycles. The van der Waals surface area contributed by atoms with E-state index in [2.05, 4.69) is 32.6 Å². The van der Waals surface area contributed by atoms with E-state index in [9.17, 15) is 0 Å². The normalized spacial score (nSPS) is 12.9. The third-order valence-electron chi connectivity index (χ3n) is 2.28. The number of hydrogen-bond donors (Lipinski definition) is 0. The van der Waals surface area contributed by atoms with Crippen LogP contribution in [0, 0.1) is 10.5 Å². The predicted molar refractivity (Wildman–Crippen MR) is 63.1 cm³/mol. The van der Waals surface area contributed by atoms with E-state index in [1.807, 2.05) is 30.0 Å². The molecule has 0 saturated carbocycles. The summed E-state index contributed by atoms with van der Waals surface area (Å²) in [7, 11) is 0. The number of halogens is 1. The highest BCUT2D eigenvalue weighted by Gasteiger charge is 2.19. The maximum atomic E-state index is 5.59. The highest BCUT2D eigenvalue weighted by Crippen LogP contribution is 2.28. The van der Waals surface area contributed by atoms with Crippen LogP contribution in [-0.4, -0.2) is 14.5 Å². The van der Waals surface area contributed by atoms with Crippen LogP contribution in [0.1, 0.15) is 11.5 Å². The minimum Gasteiger partial charge on any atom is -0.482 e. The van der Waals surface area contributed by atoms with Crippen LogP contribution in [0.4, 0.5) is 0 Å². The van der Waals surface area contributed by atoms with Crippen LogP contribution in [0.25, 0.3) is 5.82 Å². The Hall–Kier alpha value is -1.11. The third kappa shape index (κ3) is 1.41. The van der Waals surface area contributed by atoms with Gasteiger partial charge in [-0.2, -0.15) is 0 Å². The Morgan fingerprint density at radius 2 is 2.40 bits per heavy atom. The largest absolute Gasteiger partial charge is 0.482 e. The second-order valence-corrected chi connectivity index (χ2v) is 4.68. The Kier molecular flexibility index (Phi) is 1.95. The summed E-state index contributed by atoms with van der Waals surface area (Å²) in [4.78, 5) is 8.73. The van der Waals surface area contributed by atoms with Crippen LogP contribution in [0.2, 0.25) is 0 Å². The molecule has 0 saturated heterocycles. The Morgan fingerprint density at radius 3 is 3.27 bits per heavy atom. The van der Waals surface area contributed by atoms with Gasteiger partial charge in [0.25, 0.3) is 0 Å². The van der Waals surface area contributed by atoms with E-state index in [1.54, 1.807) is 0 Å². The topological polar surface area (TPSA) is 39.9 Å². The molecular weight excluding hydrogens is 305 g/mol. The minimum atomic E-state index is 0.516. The molecule has 0 bridgehead atoms. The summed E-state index contributed by atoms with van der Waals surface area (Å²) >= 11 is 2.22. The molecule has 5 heteroatoms. The maximum absolute atomic E-state index is 5.59. The lowest BCUT2D eigenvalue weighted by molar-refractivity contribution is 0.277. The summed E-state index contributed by atoms with van der Waals surface area (Å²) in [5.41, 5.74) is 0.988. The van der Waals surface area contributed by atoms with Gasteiger partial charge in [0.1, 0.15) is 6.61 Å². The lowest BCUT2D eigenvalue weighted by Crippen LogP contribution is -2.14. The van der Waals surface area contributed by atoms with Crippen LogP contribution in [0.5, 0.6) is 5.75 Å². The average Bonchev–Trinajstić information content (AvgIpc) is 2.58. The highest BCUT2D eigenvalue weighted by molar-refractivity contribution is 14.1. The number of fused-ring (bicyclic) bond motifs is 3. The smallest absolute Gasteiger partial charge is 0.181 e. The van der Waals surface area contributed by atoms with Crippen molar-refractivity contribution in [3.05, 3.63) is 33.5 Å². The summed E-state index contributed by atoms with van der Waals surface area (Å²) < 4.78 is 8.66. The molecule has 0 amide bonds. The van der Waals surface area contributed by atoms with Crippen molar-refractivity contribution in [2.24, 2.45) is 0 Å². The van der Waals surface area contributed by atoms with Crippen molar-refractivity contribution in [2.45, 2.75) is 13.5 Å². The quantitative estimate of drug-likeness (QED) is 0.699. The van der Waals surface area contributed by atoms with Gasteiger partial charge in [-0.05, 0) is 35.6 Å². The van der Waals surface area contributed by atoms with Gasteiger partial charge in [-0.3, -0.25) is 4.57 Å². The van der Waals surface area contributed by atoms with Crippen molar-refractivity contribution < 1.29 is 4.74 Å². The number of aryl methyl sites for hydroxylation is 1. The summed E-state index contributed by atoms with van der Waals surface area (Å²) in [6.07, 6.45) is 3.81. The molecule has 0 radical (unpaired) electrons. The van der Waals surface area contributed by atoms with Gasteiger partial charge in [-0.15, -0.1) is 0 Å².